The molecule has 0 aliphatic rings. The van der Waals surface area contributed by atoms with E-state index in [0.29, 0.717) is 22.6 Å². The van der Waals surface area contributed by atoms with E-state index in [2.05, 4.69) is 0 Å². The summed E-state index contributed by atoms with van der Waals surface area (Å²) in [4.78, 5) is 11.8. The Balaban J connectivity index is 1.98. The van der Waals surface area contributed by atoms with E-state index in [-0.39, 0.29) is 6.61 Å². The average molecular weight is 323 g/mol. The molecular weight excluding hydrogens is 306 g/mol. The first-order valence-electron chi connectivity index (χ1n) is 7.22. The SMILES string of the molecule is COc1ccc(OC)c(/C=C/C(=O)OCc2ccc(C#N)cc2)c1. The van der Waals surface area contributed by atoms with Gasteiger partial charge >= 0.3 is 5.97 Å². The second-order valence-electron chi connectivity index (χ2n) is 4.86. The Labute approximate surface area is 140 Å². The van der Waals surface area contributed by atoms with E-state index in [1.807, 2.05) is 6.07 Å². The van der Waals surface area contributed by atoms with E-state index in [1.54, 1.807) is 62.8 Å². The van der Waals surface area contributed by atoms with Crippen LogP contribution in [-0.2, 0) is 16.1 Å². The van der Waals surface area contributed by atoms with Crippen molar-refractivity contribution < 1.29 is 19.0 Å². The zero-order chi connectivity index (χ0) is 17.4. The zero-order valence-corrected chi connectivity index (χ0v) is 13.5. The van der Waals surface area contributed by atoms with Crippen molar-refractivity contribution in [3.05, 3.63) is 65.2 Å². The Kier molecular flexibility index (Phi) is 5.98. The molecule has 2 aromatic carbocycles. The number of rotatable bonds is 6. The van der Waals surface area contributed by atoms with Crippen molar-refractivity contribution in [1.82, 2.24) is 0 Å². The van der Waals surface area contributed by atoms with Gasteiger partial charge in [0.2, 0.25) is 0 Å². The maximum atomic E-state index is 11.8. The summed E-state index contributed by atoms with van der Waals surface area (Å²) in [6, 6.07) is 14.2. The van der Waals surface area contributed by atoms with Crippen molar-refractivity contribution in [2.45, 2.75) is 6.61 Å². The van der Waals surface area contributed by atoms with Gasteiger partial charge in [-0.15, -0.1) is 0 Å². The molecule has 24 heavy (non-hydrogen) atoms. The molecule has 0 radical (unpaired) electrons. The molecule has 122 valence electrons. The third-order valence-corrected chi connectivity index (χ3v) is 3.30. The van der Waals surface area contributed by atoms with Gasteiger partial charge in [0.25, 0.3) is 0 Å². The Morgan fingerprint density at radius 3 is 2.50 bits per heavy atom. The molecule has 0 saturated heterocycles. The van der Waals surface area contributed by atoms with Crippen LogP contribution in [0.2, 0.25) is 0 Å². The van der Waals surface area contributed by atoms with Gasteiger partial charge in [-0.3, -0.25) is 0 Å². The summed E-state index contributed by atoms with van der Waals surface area (Å²) >= 11 is 0. The van der Waals surface area contributed by atoms with E-state index in [4.69, 9.17) is 19.5 Å². The molecule has 0 unspecified atom stereocenters. The third kappa shape index (κ3) is 4.62. The zero-order valence-electron chi connectivity index (χ0n) is 13.5. The highest BCUT2D eigenvalue weighted by Crippen LogP contribution is 2.25. The predicted molar refractivity (Wildman–Crippen MR) is 89.5 cm³/mol. The highest BCUT2D eigenvalue weighted by atomic mass is 16.5. The molecule has 0 amide bonds. The fourth-order valence-corrected chi connectivity index (χ4v) is 2.01. The summed E-state index contributed by atoms with van der Waals surface area (Å²) in [6.07, 6.45) is 2.95. The standard InChI is InChI=1S/C19H17NO4/c1-22-17-8-9-18(23-2)16(11-17)7-10-19(21)24-13-15-5-3-14(12-20)4-6-15/h3-11H,13H2,1-2H3/b10-7+. The molecule has 5 nitrogen and oxygen atoms in total. The van der Waals surface area contributed by atoms with Crippen LogP contribution in [-0.4, -0.2) is 20.2 Å². The number of ether oxygens (including phenoxy) is 3. The molecule has 0 aliphatic heterocycles. The van der Waals surface area contributed by atoms with Crippen LogP contribution in [0.5, 0.6) is 11.5 Å². The number of carbonyl (C=O) groups is 1. The second kappa shape index (κ2) is 8.39. The molecule has 0 spiro atoms. The molecule has 0 bridgehead atoms. The van der Waals surface area contributed by atoms with E-state index >= 15 is 0 Å². The van der Waals surface area contributed by atoms with Crippen molar-refractivity contribution in [3.8, 4) is 17.6 Å². The molecule has 0 atom stereocenters. The lowest BCUT2D eigenvalue weighted by molar-refractivity contribution is -0.138. The molecule has 0 aliphatic carbocycles. The van der Waals surface area contributed by atoms with Crippen molar-refractivity contribution >= 4 is 12.0 Å². The summed E-state index contributed by atoms with van der Waals surface area (Å²) in [5.41, 5.74) is 2.09. The molecule has 5 heteroatoms. The number of nitriles is 1. The smallest absolute Gasteiger partial charge is 0.331 e. The number of hydrogen-bond acceptors (Lipinski definition) is 5. The van der Waals surface area contributed by atoms with Crippen LogP contribution in [0.15, 0.2) is 48.5 Å². The second-order valence-corrected chi connectivity index (χ2v) is 4.86. The number of benzene rings is 2. The summed E-state index contributed by atoms with van der Waals surface area (Å²) < 4.78 is 15.6. The first kappa shape index (κ1) is 17.1. The molecule has 2 rings (SSSR count). The topological polar surface area (TPSA) is 68.6 Å². The molecular formula is C19H17NO4. The monoisotopic (exact) mass is 323 g/mol. The first-order valence-corrected chi connectivity index (χ1v) is 7.22. The maximum Gasteiger partial charge on any atom is 0.331 e. The fraction of sp³-hybridized carbons (Fsp3) is 0.158. The maximum absolute atomic E-state index is 11.8. The molecule has 0 saturated carbocycles. The highest BCUT2D eigenvalue weighted by Gasteiger charge is 2.04. The molecule has 0 N–H and O–H groups in total. The van der Waals surface area contributed by atoms with Gasteiger partial charge in [0.15, 0.2) is 0 Å². The van der Waals surface area contributed by atoms with Crippen LogP contribution in [0.1, 0.15) is 16.7 Å². The van der Waals surface area contributed by atoms with Gasteiger partial charge in [0.1, 0.15) is 18.1 Å². The van der Waals surface area contributed by atoms with Crippen LogP contribution in [0, 0.1) is 11.3 Å². The Morgan fingerprint density at radius 2 is 1.88 bits per heavy atom. The molecule has 0 heterocycles. The normalized spacial score (nSPS) is 10.2. The largest absolute Gasteiger partial charge is 0.497 e. The number of carbonyl (C=O) groups excluding carboxylic acids is 1. The van der Waals surface area contributed by atoms with Gasteiger partial charge in [-0.2, -0.15) is 5.26 Å². The lowest BCUT2D eigenvalue weighted by Crippen LogP contribution is -2.00. The Hall–Kier alpha value is -3.26. The van der Waals surface area contributed by atoms with Crippen molar-refractivity contribution in [2.24, 2.45) is 0 Å². The summed E-state index contributed by atoms with van der Waals surface area (Å²) in [5, 5.41) is 8.74. The van der Waals surface area contributed by atoms with Gasteiger partial charge < -0.3 is 14.2 Å². The minimum Gasteiger partial charge on any atom is -0.497 e. The van der Waals surface area contributed by atoms with E-state index in [9.17, 15) is 4.79 Å². The summed E-state index contributed by atoms with van der Waals surface area (Å²) in [5.74, 6) is 0.831. The number of esters is 1. The number of hydrogen-bond donors (Lipinski definition) is 0. The van der Waals surface area contributed by atoms with Crippen molar-refractivity contribution in [2.75, 3.05) is 14.2 Å². The summed E-state index contributed by atoms with van der Waals surface area (Å²) in [6.45, 7) is 0.143. The molecule has 0 fully saturated rings. The van der Waals surface area contributed by atoms with Crippen LogP contribution in [0.25, 0.3) is 6.08 Å². The number of methoxy groups -OCH3 is 2. The van der Waals surface area contributed by atoms with Crippen LogP contribution < -0.4 is 9.47 Å². The van der Waals surface area contributed by atoms with Gasteiger partial charge in [0, 0.05) is 11.6 Å². The minimum atomic E-state index is -0.468. The predicted octanol–water partition coefficient (Wildman–Crippen LogP) is 3.33. The van der Waals surface area contributed by atoms with Crippen LogP contribution in [0.4, 0.5) is 0 Å². The van der Waals surface area contributed by atoms with E-state index in [0.717, 1.165) is 5.56 Å². The van der Waals surface area contributed by atoms with Gasteiger partial charge in [-0.05, 0) is 42.0 Å². The van der Waals surface area contributed by atoms with Gasteiger partial charge in [-0.25, -0.2) is 4.79 Å². The van der Waals surface area contributed by atoms with Gasteiger partial charge in [0.05, 0.1) is 25.9 Å². The van der Waals surface area contributed by atoms with Gasteiger partial charge in [-0.1, -0.05) is 12.1 Å². The lowest BCUT2D eigenvalue weighted by Gasteiger charge is -2.07. The van der Waals surface area contributed by atoms with E-state index in [1.165, 1.54) is 6.08 Å². The number of nitrogens with zero attached hydrogens (tertiary/aromatic N) is 1. The Bertz CT molecular complexity index is 773. The minimum absolute atomic E-state index is 0.143. The lowest BCUT2D eigenvalue weighted by atomic mass is 10.1. The molecule has 2 aromatic rings. The first-order chi connectivity index (χ1) is 11.7. The average Bonchev–Trinajstić information content (AvgIpc) is 2.64. The molecule has 0 aromatic heterocycles. The fourth-order valence-electron chi connectivity index (χ4n) is 2.01. The Morgan fingerprint density at radius 1 is 1.12 bits per heavy atom. The van der Waals surface area contributed by atoms with Crippen LogP contribution in [0.3, 0.4) is 0 Å². The van der Waals surface area contributed by atoms with Crippen LogP contribution >= 0.6 is 0 Å². The van der Waals surface area contributed by atoms with E-state index < -0.39 is 5.97 Å². The van der Waals surface area contributed by atoms with Crippen molar-refractivity contribution in [1.29, 1.82) is 5.26 Å². The third-order valence-electron chi connectivity index (χ3n) is 3.30. The van der Waals surface area contributed by atoms with Crippen molar-refractivity contribution in [3.63, 3.8) is 0 Å². The summed E-state index contributed by atoms with van der Waals surface area (Å²) in [7, 11) is 3.13. The quantitative estimate of drug-likeness (QED) is 0.602. The highest BCUT2D eigenvalue weighted by molar-refractivity contribution is 5.87.